The van der Waals surface area contributed by atoms with Gasteiger partial charge in [-0.05, 0) is 55.7 Å². The first-order valence-corrected chi connectivity index (χ1v) is 8.78. The van der Waals surface area contributed by atoms with Crippen molar-refractivity contribution in [1.82, 2.24) is 5.32 Å². The van der Waals surface area contributed by atoms with Crippen LogP contribution in [0.4, 0.5) is 0 Å². The Morgan fingerprint density at radius 2 is 2.04 bits per heavy atom. The van der Waals surface area contributed by atoms with Gasteiger partial charge < -0.3 is 10.1 Å². The quantitative estimate of drug-likeness (QED) is 0.669. The Morgan fingerprint density at radius 3 is 2.75 bits per heavy atom. The zero-order valence-corrected chi connectivity index (χ0v) is 13.8. The molecule has 3 aliphatic rings. The number of carbonyl (C=O) groups is 2. The maximum Gasteiger partial charge on any atom is 0.313 e. The summed E-state index contributed by atoms with van der Waals surface area (Å²) in [4.78, 5) is 24.4. The van der Waals surface area contributed by atoms with E-state index in [-0.39, 0.29) is 17.8 Å². The molecule has 4 heteroatoms. The topological polar surface area (TPSA) is 55.4 Å². The van der Waals surface area contributed by atoms with E-state index in [2.05, 4.69) is 11.9 Å². The lowest BCUT2D eigenvalue weighted by Crippen LogP contribution is -2.31. The fraction of sp³-hybridized carbons (Fsp3) is 0.500. The van der Waals surface area contributed by atoms with E-state index in [1.165, 1.54) is 12.8 Å². The van der Waals surface area contributed by atoms with Gasteiger partial charge in [0.1, 0.15) is 0 Å². The van der Waals surface area contributed by atoms with Crippen LogP contribution in [0.3, 0.4) is 0 Å². The lowest BCUT2D eigenvalue weighted by molar-refractivity contribution is -0.146. The summed E-state index contributed by atoms with van der Waals surface area (Å²) in [5.41, 5.74) is 2.46. The number of hydrogen-bond donors (Lipinski definition) is 1. The van der Waals surface area contributed by atoms with Gasteiger partial charge in [-0.3, -0.25) is 9.59 Å². The van der Waals surface area contributed by atoms with E-state index in [1.807, 2.05) is 24.3 Å². The molecule has 1 saturated heterocycles. The van der Waals surface area contributed by atoms with E-state index >= 15 is 0 Å². The number of allylic oxidation sites excluding steroid dienone is 1. The van der Waals surface area contributed by atoms with E-state index in [1.54, 1.807) is 0 Å². The molecule has 1 amide bonds. The predicted octanol–water partition coefficient (Wildman–Crippen LogP) is 2.88. The first-order chi connectivity index (χ1) is 11.6. The summed E-state index contributed by atoms with van der Waals surface area (Å²) in [7, 11) is 0. The van der Waals surface area contributed by atoms with Crippen LogP contribution in [0.1, 0.15) is 41.6 Å². The molecule has 2 atom stereocenters. The molecule has 4 rings (SSSR count). The molecule has 1 N–H and O–H groups in total. The van der Waals surface area contributed by atoms with Crippen LogP contribution in [0.5, 0.6) is 0 Å². The third-order valence-corrected chi connectivity index (χ3v) is 5.69. The normalized spacial score (nSPS) is 28.6. The molecular weight excluding hydrogens is 302 g/mol. The number of cyclic esters (lactones) is 1. The Kier molecular flexibility index (Phi) is 3.70. The minimum atomic E-state index is -0.438. The standard InChI is InChI=1S/C20H23NO3/c1-13-8-17-12-24-19(23)20(17,9-13)10-14-4-6-16(7-5-14)18(22)21-11-15-2-3-15/h4-7,15,17H,1-3,8-12H2,(H,21,22)/t17-,20+/m1/s1. The van der Waals surface area contributed by atoms with Gasteiger partial charge in [-0.1, -0.05) is 24.3 Å². The van der Waals surface area contributed by atoms with E-state index < -0.39 is 5.41 Å². The number of esters is 1. The average Bonchev–Trinajstić information content (AvgIpc) is 3.29. The molecule has 1 aromatic rings. The van der Waals surface area contributed by atoms with Crippen LogP contribution in [-0.4, -0.2) is 25.0 Å². The highest BCUT2D eigenvalue weighted by molar-refractivity contribution is 5.94. The number of benzene rings is 1. The summed E-state index contributed by atoms with van der Waals surface area (Å²) in [6.07, 6.45) is 4.72. The van der Waals surface area contributed by atoms with Crippen LogP contribution in [0.15, 0.2) is 36.4 Å². The van der Waals surface area contributed by atoms with Crippen LogP contribution in [-0.2, 0) is 16.0 Å². The molecule has 2 saturated carbocycles. The Bertz CT molecular complexity index is 689. The summed E-state index contributed by atoms with van der Waals surface area (Å²) in [6.45, 7) is 5.36. The van der Waals surface area contributed by atoms with E-state index in [4.69, 9.17) is 4.74 Å². The molecule has 3 fully saturated rings. The second-order valence-corrected chi connectivity index (χ2v) is 7.61. The minimum absolute atomic E-state index is 0.0148. The summed E-state index contributed by atoms with van der Waals surface area (Å²) in [5, 5.41) is 2.98. The number of amides is 1. The maximum absolute atomic E-state index is 12.3. The lowest BCUT2D eigenvalue weighted by atomic mass is 9.75. The van der Waals surface area contributed by atoms with E-state index in [0.29, 0.717) is 24.5 Å². The molecule has 0 aromatic heterocycles. The molecule has 4 nitrogen and oxygen atoms in total. The lowest BCUT2D eigenvalue weighted by Gasteiger charge is -2.24. The van der Waals surface area contributed by atoms with Crippen LogP contribution < -0.4 is 5.32 Å². The molecule has 0 radical (unpaired) electrons. The second-order valence-electron chi connectivity index (χ2n) is 7.61. The Morgan fingerprint density at radius 1 is 1.29 bits per heavy atom. The summed E-state index contributed by atoms with van der Waals surface area (Å²) >= 11 is 0. The Hall–Kier alpha value is -2.10. The third-order valence-electron chi connectivity index (χ3n) is 5.69. The highest BCUT2D eigenvalue weighted by atomic mass is 16.5. The predicted molar refractivity (Wildman–Crippen MR) is 90.5 cm³/mol. The zero-order chi connectivity index (χ0) is 16.7. The highest BCUT2D eigenvalue weighted by Crippen LogP contribution is 2.52. The van der Waals surface area contributed by atoms with Crippen LogP contribution in [0, 0.1) is 17.3 Å². The number of fused-ring (bicyclic) bond motifs is 1. The summed E-state index contributed by atoms with van der Waals surface area (Å²) in [6, 6.07) is 7.63. The Labute approximate surface area is 142 Å². The Balaban J connectivity index is 1.45. The van der Waals surface area contributed by atoms with Crippen molar-refractivity contribution in [2.75, 3.05) is 13.2 Å². The van der Waals surface area contributed by atoms with Crippen molar-refractivity contribution in [3.63, 3.8) is 0 Å². The van der Waals surface area contributed by atoms with Crippen LogP contribution in [0.25, 0.3) is 0 Å². The van der Waals surface area contributed by atoms with Gasteiger partial charge >= 0.3 is 5.97 Å². The summed E-state index contributed by atoms with van der Waals surface area (Å²) in [5.74, 6) is 0.823. The maximum atomic E-state index is 12.3. The monoisotopic (exact) mass is 325 g/mol. The van der Waals surface area contributed by atoms with Crippen molar-refractivity contribution in [1.29, 1.82) is 0 Å². The largest absolute Gasteiger partial charge is 0.465 e. The van der Waals surface area contributed by atoms with Crippen molar-refractivity contribution in [2.45, 2.75) is 32.1 Å². The molecule has 0 spiro atoms. The minimum Gasteiger partial charge on any atom is -0.465 e. The van der Waals surface area contributed by atoms with Gasteiger partial charge in [-0.15, -0.1) is 0 Å². The smallest absolute Gasteiger partial charge is 0.313 e. The van der Waals surface area contributed by atoms with Gasteiger partial charge in [0, 0.05) is 18.0 Å². The van der Waals surface area contributed by atoms with Crippen molar-refractivity contribution < 1.29 is 14.3 Å². The summed E-state index contributed by atoms with van der Waals surface area (Å²) < 4.78 is 5.32. The van der Waals surface area contributed by atoms with Crippen molar-refractivity contribution in [2.24, 2.45) is 17.3 Å². The van der Waals surface area contributed by atoms with E-state index in [9.17, 15) is 9.59 Å². The number of rotatable bonds is 5. The van der Waals surface area contributed by atoms with Crippen LogP contribution >= 0.6 is 0 Å². The van der Waals surface area contributed by atoms with Gasteiger partial charge in [0.15, 0.2) is 0 Å². The van der Waals surface area contributed by atoms with Crippen molar-refractivity contribution in [3.05, 3.63) is 47.5 Å². The van der Waals surface area contributed by atoms with Gasteiger partial charge in [0.05, 0.1) is 12.0 Å². The van der Waals surface area contributed by atoms with Gasteiger partial charge in [-0.2, -0.15) is 0 Å². The molecule has 1 heterocycles. The van der Waals surface area contributed by atoms with Crippen LogP contribution in [0.2, 0.25) is 0 Å². The molecular formula is C20H23NO3. The third kappa shape index (κ3) is 2.74. The fourth-order valence-electron chi connectivity index (χ4n) is 4.06. The number of hydrogen-bond acceptors (Lipinski definition) is 3. The van der Waals surface area contributed by atoms with Crippen molar-refractivity contribution >= 4 is 11.9 Å². The molecule has 0 bridgehead atoms. The highest BCUT2D eigenvalue weighted by Gasteiger charge is 2.55. The fourth-order valence-corrected chi connectivity index (χ4v) is 4.06. The average molecular weight is 325 g/mol. The first kappa shape index (κ1) is 15.4. The zero-order valence-electron chi connectivity index (χ0n) is 13.8. The first-order valence-electron chi connectivity index (χ1n) is 8.78. The SMILES string of the molecule is C=C1C[C@@H]2COC(=O)[C@]2(Cc2ccc(C(=O)NCC3CC3)cc2)C1. The molecule has 126 valence electrons. The number of nitrogens with one attached hydrogen (secondary N) is 1. The molecule has 1 aromatic carbocycles. The van der Waals surface area contributed by atoms with E-state index in [0.717, 1.165) is 30.5 Å². The number of ether oxygens (including phenoxy) is 1. The molecule has 0 unspecified atom stereocenters. The van der Waals surface area contributed by atoms with Gasteiger partial charge in [0.25, 0.3) is 5.91 Å². The molecule has 1 aliphatic heterocycles. The second kappa shape index (κ2) is 5.76. The van der Waals surface area contributed by atoms with Crippen molar-refractivity contribution in [3.8, 4) is 0 Å². The molecule has 24 heavy (non-hydrogen) atoms. The molecule has 2 aliphatic carbocycles. The number of carbonyl (C=O) groups excluding carboxylic acids is 2. The van der Waals surface area contributed by atoms with Gasteiger partial charge in [-0.25, -0.2) is 0 Å². The van der Waals surface area contributed by atoms with Gasteiger partial charge in [0.2, 0.25) is 0 Å².